The molecule has 100 valence electrons. The molecule has 7 nitrogen and oxygen atoms in total. The Labute approximate surface area is 113 Å². The lowest BCUT2D eigenvalue weighted by atomic mass is 10.5. The molecule has 4 N–H and O–H groups in total. The summed E-state index contributed by atoms with van der Waals surface area (Å²) < 4.78 is 26.6. The molecule has 1 amide bonds. The first-order chi connectivity index (χ1) is 8.33. The third-order valence-corrected chi connectivity index (χ3v) is 3.85. The van der Waals surface area contributed by atoms with Gasteiger partial charge in [-0.1, -0.05) is 0 Å². The van der Waals surface area contributed by atoms with Gasteiger partial charge < -0.3 is 11.1 Å². The van der Waals surface area contributed by atoms with E-state index in [1.165, 1.54) is 19.2 Å². The van der Waals surface area contributed by atoms with E-state index in [-0.39, 0.29) is 29.7 Å². The van der Waals surface area contributed by atoms with Crippen LogP contribution in [0, 0.1) is 0 Å². The zero-order valence-corrected chi connectivity index (χ0v) is 12.0. The van der Waals surface area contributed by atoms with Crippen molar-refractivity contribution in [2.45, 2.75) is 11.8 Å². The summed E-state index contributed by atoms with van der Waals surface area (Å²) in [7, 11) is -3.73. The SMILES string of the molecule is CC(=O)NCCNS(=O)(=O)c1cc(Br)cnc1N. The smallest absolute Gasteiger partial charge is 0.244 e. The number of nitrogen functional groups attached to an aromatic ring is 1. The van der Waals surface area contributed by atoms with Crippen LogP contribution in [-0.2, 0) is 14.8 Å². The fraction of sp³-hybridized carbons (Fsp3) is 0.333. The fourth-order valence-electron chi connectivity index (χ4n) is 1.15. The first-order valence-electron chi connectivity index (χ1n) is 4.98. The lowest BCUT2D eigenvalue weighted by Gasteiger charge is -2.09. The molecule has 0 aliphatic rings. The minimum Gasteiger partial charge on any atom is -0.383 e. The van der Waals surface area contributed by atoms with Gasteiger partial charge in [-0.05, 0) is 22.0 Å². The maximum atomic E-state index is 11.9. The molecular formula is C9H13BrN4O3S. The van der Waals surface area contributed by atoms with Crippen molar-refractivity contribution in [3.05, 3.63) is 16.7 Å². The van der Waals surface area contributed by atoms with Gasteiger partial charge >= 0.3 is 0 Å². The first-order valence-corrected chi connectivity index (χ1v) is 7.25. The Morgan fingerprint density at radius 2 is 2.17 bits per heavy atom. The van der Waals surface area contributed by atoms with Gasteiger partial charge in [-0.3, -0.25) is 4.79 Å². The molecule has 0 fully saturated rings. The third-order valence-electron chi connectivity index (χ3n) is 1.93. The van der Waals surface area contributed by atoms with E-state index >= 15 is 0 Å². The molecule has 0 aromatic carbocycles. The van der Waals surface area contributed by atoms with Crippen LogP contribution in [0.2, 0.25) is 0 Å². The molecule has 0 unspecified atom stereocenters. The van der Waals surface area contributed by atoms with Gasteiger partial charge in [0.2, 0.25) is 15.9 Å². The number of aromatic nitrogens is 1. The third kappa shape index (κ3) is 4.24. The Morgan fingerprint density at radius 1 is 1.50 bits per heavy atom. The number of nitrogens with one attached hydrogen (secondary N) is 2. The minimum absolute atomic E-state index is 0.0772. The Bertz CT molecular complexity index is 547. The van der Waals surface area contributed by atoms with Gasteiger partial charge in [0, 0.05) is 30.7 Å². The van der Waals surface area contributed by atoms with E-state index in [2.05, 4.69) is 31.0 Å². The van der Waals surface area contributed by atoms with Crippen LogP contribution in [0.4, 0.5) is 5.82 Å². The van der Waals surface area contributed by atoms with Crippen molar-refractivity contribution in [2.75, 3.05) is 18.8 Å². The predicted octanol–water partition coefficient (Wildman–Crippen LogP) is -0.159. The first kappa shape index (κ1) is 14.9. The van der Waals surface area contributed by atoms with Crippen LogP contribution in [0.15, 0.2) is 21.6 Å². The highest BCUT2D eigenvalue weighted by Crippen LogP contribution is 2.19. The van der Waals surface area contributed by atoms with Gasteiger partial charge in [-0.25, -0.2) is 18.1 Å². The number of nitrogens with zero attached hydrogens (tertiary/aromatic N) is 1. The summed E-state index contributed by atoms with van der Waals surface area (Å²) in [5.41, 5.74) is 5.51. The van der Waals surface area contributed by atoms with Gasteiger partial charge in [-0.2, -0.15) is 0 Å². The van der Waals surface area contributed by atoms with Crippen molar-refractivity contribution < 1.29 is 13.2 Å². The van der Waals surface area contributed by atoms with Gasteiger partial charge in [0.25, 0.3) is 0 Å². The topological polar surface area (TPSA) is 114 Å². The molecule has 0 aliphatic heterocycles. The molecule has 0 spiro atoms. The lowest BCUT2D eigenvalue weighted by Crippen LogP contribution is -2.34. The van der Waals surface area contributed by atoms with E-state index in [0.717, 1.165) is 0 Å². The molecule has 0 bridgehead atoms. The number of carbonyl (C=O) groups excluding carboxylic acids is 1. The highest BCUT2D eigenvalue weighted by Gasteiger charge is 2.18. The number of hydrogen-bond donors (Lipinski definition) is 3. The van der Waals surface area contributed by atoms with Gasteiger partial charge in [0.1, 0.15) is 10.7 Å². The number of pyridine rings is 1. The minimum atomic E-state index is -3.73. The summed E-state index contributed by atoms with van der Waals surface area (Å²) in [6, 6.07) is 1.36. The molecule has 18 heavy (non-hydrogen) atoms. The van der Waals surface area contributed by atoms with Crippen molar-refractivity contribution in [2.24, 2.45) is 0 Å². The molecule has 0 atom stereocenters. The van der Waals surface area contributed by atoms with E-state index < -0.39 is 10.0 Å². The van der Waals surface area contributed by atoms with Crippen LogP contribution in [0.3, 0.4) is 0 Å². The monoisotopic (exact) mass is 336 g/mol. The van der Waals surface area contributed by atoms with Crippen molar-refractivity contribution in [3.8, 4) is 0 Å². The maximum absolute atomic E-state index is 11.9. The Kier molecular flexibility index (Phi) is 5.05. The average molecular weight is 337 g/mol. The molecule has 0 saturated carbocycles. The molecule has 1 rings (SSSR count). The summed E-state index contributed by atoms with van der Waals surface area (Å²) in [5, 5.41) is 2.47. The van der Waals surface area contributed by atoms with Gasteiger partial charge in [0.15, 0.2) is 0 Å². The van der Waals surface area contributed by atoms with Crippen LogP contribution < -0.4 is 15.8 Å². The second-order valence-electron chi connectivity index (χ2n) is 3.42. The standard InChI is InChI=1S/C9H13BrN4O3S/c1-6(15)12-2-3-14-18(16,17)8-4-7(10)5-13-9(8)11/h4-5,14H,2-3H2,1H3,(H2,11,13)(H,12,15). The van der Waals surface area contributed by atoms with Gasteiger partial charge in [0.05, 0.1) is 0 Å². The highest BCUT2D eigenvalue weighted by molar-refractivity contribution is 9.10. The quantitative estimate of drug-likeness (QED) is 0.646. The van der Waals surface area contributed by atoms with Crippen LogP contribution in [0.5, 0.6) is 0 Å². The lowest BCUT2D eigenvalue weighted by molar-refractivity contribution is -0.118. The second kappa shape index (κ2) is 6.12. The summed E-state index contributed by atoms with van der Waals surface area (Å²) >= 11 is 3.12. The van der Waals surface area contributed by atoms with E-state index in [0.29, 0.717) is 4.47 Å². The van der Waals surface area contributed by atoms with E-state index in [1.807, 2.05) is 0 Å². The number of nitrogens with two attached hydrogens (primary N) is 1. The van der Waals surface area contributed by atoms with Crippen LogP contribution in [0.1, 0.15) is 6.92 Å². The van der Waals surface area contributed by atoms with Crippen LogP contribution in [0.25, 0.3) is 0 Å². The summed E-state index contributed by atoms with van der Waals surface area (Å²) in [4.78, 5) is 14.3. The molecule has 0 aliphatic carbocycles. The maximum Gasteiger partial charge on any atom is 0.244 e. The summed E-state index contributed by atoms with van der Waals surface area (Å²) in [6.45, 7) is 1.63. The second-order valence-corrected chi connectivity index (χ2v) is 6.07. The number of carbonyl (C=O) groups is 1. The molecule has 1 aromatic rings. The molecule has 0 saturated heterocycles. The molecular weight excluding hydrogens is 324 g/mol. The van der Waals surface area contributed by atoms with Crippen LogP contribution >= 0.6 is 15.9 Å². The van der Waals surface area contributed by atoms with Crippen LogP contribution in [-0.4, -0.2) is 32.4 Å². The average Bonchev–Trinajstić information content (AvgIpc) is 2.27. The van der Waals surface area contributed by atoms with Crippen molar-refractivity contribution >= 4 is 37.7 Å². The largest absolute Gasteiger partial charge is 0.383 e. The van der Waals surface area contributed by atoms with Crippen molar-refractivity contribution in [3.63, 3.8) is 0 Å². The number of anilines is 1. The number of rotatable bonds is 5. The molecule has 1 aromatic heterocycles. The number of hydrogen-bond acceptors (Lipinski definition) is 5. The Morgan fingerprint density at radius 3 is 2.78 bits per heavy atom. The number of halogens is 1. The number of sulfonamides is 1. The summed E-state index contributed by atoms with van der Waals surface area (Å²) in [6.07, 6.45) is 1.41. The molecule has 0 radical (unpaired) electrons. The fourth-order valence-corrected chi connectivity index (χ4v) is 2.77. The van der Waals surface area contributed by atoms with Crippen molar-refractivity contribution in [1.29, 1.82) is 0 Å². The van der Waals surface area contributed by atoms with E-state index in [9.17, 15) is 13.2 Å². The normalized spacial score (nSPS) is 11.2. The zero-order chi connectivity index (χ0) is 13.8. The summed E-state index contributed by atoms with van der Waals surface area (Å²) in [5.74, 6) is -0.303. The number of amides is 1. The molecule has 9 heteroatoms. The highest BCUT2D eigenvalue weighted by atomic mass is 79.9. The van der Waals surface area contributed by atoms with E-state index in [4.69, 9.17) is 5.73 Å². The van der Waals surface area contributed by atoms with Crippen molar-refractivity contribution in [1.82, 2.24) is 15.0 Å². The predicted molar refractivity (Wildman–Crippen MR) is 70.2 cm³/mol. The molecule has 1 heterocycles. The van der Waals surface area contributed by atoms with E-state index in [1.54, 1.807) is 0 Å². The zero-order valence-electron chi connectivity index (χ0n) is 9.60. The Balaban J connectivity index is 2.74. The van der Waals surface area contributed by atoms with Gasteiger partial charge in [-0.15, -0.1) is 0 Å². The Hall–Kier alpha value is -1.19.